The molecule has 9 heteroatoms. The molecule has 0 radical (unpaired) electrons. The fraction of sp³-hybridized carbons (Fsp3) is 0.316. The molecule has 2 atom stereocenters. The number of carbonyl (C=O) groups excluding carboxylic acids is 1. The van der Waals surface area contributed by atoms with Crippen LogP contribution in [0.15, 0.2) is 46.8 Å². The lowest BCUT2D eigenvalue weighted by molar-refractivity contribution is -0.117. The number of rotatable bonds is 4. The predicted molar refractivity (Wildman–Crippen MR) is 105 cm³/mol. The Hall–Kier alpha value is -3.33. The van der Waals surface area contributed by atoms with Crippen molar-refractivity contribution in [3.8, 4) is 5.82 Å². The van der Waals surface area contributed by atoms with E-state index in [0.29, 0.717) is 17.6 Å². The number of anilines is 1. The number of amides is 1. The molecule has 0 bridgehead atoms. The summed E-state index contributed by atoms with van der Waals surface area (Å²) >= 11 is 0. The molecule has 142 valence electrons. The van der Waals surface area contributed by atoms with Crippen molar-refractivity contribution in [1.29, 1.82) is 0 Å². The second kappa shape index (κ2) is 6.68. The summed E-state index contributed by atoms with van der Waals surface area (Å²) in [7, 11) is 0. The van der Waals surface area contributed by atoms with Gasteiger partial charge in [0.2, 0.25) is 5.91 Å². The van der Waals surface area contributed by atoms with E-state index in [2.05, 4.69) is 30.8 Å². The van der Waals surface area contributed by atoms with Crippen LogP contribution < -0.4 is 10.6 Å². The number of fused-ring (bicyclic) bond motifs is 1. The van der Waals surface area contributed by atoms with E-state index in [1.807, 2.05) is 25.1 Å². The molecule has 5 rings (SSSR count). The van der Waals surface area contributed by atoms with Crippen LogP contribution in [0.1, 0.15) is 30.0 Å². The van der Waals surface area contributed by atoms with Gasteiger partial charge in [0.1, 0.15) is 11.9 Å². The number of aromatic nitrogens is 3. The molecule has 3 aliphatic rings. The van der Waals surface area contributed by atoms with Crippen LogP contribution in [0, 0.1) is 6.92 Å². The van der Waals surface area contributed by atoms with Crippen LogP contribution in [0.5, 0.6) is 0 Å². The molecule has 0 spiro atoms. The van der Waals surface area contributed by atoms with Gasteiger partial charge in [-0.25, -0.2) is 9.99 Å². The Bertz CT molecular complexity index is 986. The fourth-order valence-corrected chi connectivity index (χ4v) is 3.15. The molecule has 2 aromatic rings. The Labute approximate surface area is 161 Å². The maximum absolute atomic E-state index is 12.9. The van der Waals surface area contributed by atoms with Gasteiger partial charge in [-0.05, 0) is 37.5 Å². The van der Waals surface area contributed by atoms with Crippen LogP contribution in [-0.4, -0.2) is 50.4 Å². The van der Waals surface area contributed by atoms with E-state index in [4.69, 9.17) is 0 Å². The fourth-order valence-electron chi connectivity index (χ4n) is 3.15. The van der Waals surface area contributed by atoms with Crippen molar-refractivity contribution in [1.82, 2.24) is 25.1 Å². The Morgan fingerprint density at radius 2 is 2.21 bits per heavy atom. The molecule has 0 aromatic carbocycles. The molecule has 9 nitrogen and oxygen atoms in total. The molecule has 2 unspecified atom stereocenters. The van der Waals surface area contributed by atoms with Crippen molar-refractivity contribution < 1.29 is 4.79 Å². The van der Waals surface area contributed by atoms with Crippen LogP contribution in [0.3, 0.4) is 0 Å². The average Bonchev–Trinajstić information content (AvgIpc) is 3.49. The van der Waals surface area contributed by atoms with E-state index in [0.717, 1.165) is 24.1 Å². The summed E-state index contributed by atoms with van der Waals surface area (Å²) < 4.78 is 1.69. The van der Waals surface area contributed by atoms with Gasteiger partial charge in [0.15, 0.2) is 12.1 Å². The third kappa shape index (κ3) is 3.20. The Kier molecular flexibility index (Phi) is 4.01. The minimum Gasteiger partial charge on any atom is -0.309 e. The third-order valence-electron chi connectivity index (χ3n) is 4.85. The maximum atomic E-state index is 12.9. The van der Waals surface area contributed by atoms with Gasteiger partial charge in [-0.2, -0.15) is 14.9 Å². The minimum absolute atomic E-state index is 0.219. The molecule has 1 aliphatic carbocycles. The highest BCUT2D eigenvalue weighted by atomic mass is 16.2. The zero-order chi connectivity index (χ0) is 19.1. The van der Waals surface area contributed by atoms with Crippen LogP contribution in [-0.2, 0) is 4.79 Å². The highest BCUT2D eigenvalue weighted by Gasteiger charge is 2.31. The number of nitrogens with one attached hydrogen (secondary N) is 2. The molecule has 2 aromatic heterocycles. The number of aryl methyl sites for hydroxylation is 1. The van der Waals surface area contributed by atoms with Crippen molar-refractivity contribution >= 4 is 24.2 Å². The number of carbonyl (C=O) groups is 1. The molecular weight excluding hydrogens is 356 g/mol. The largest absolute Gasteiger partial charge is 0.309 e. The van der Waals surface area contributed by atoms with Crippen LogP contribution in [0.25, 0.3) is 5.82 Å². The third-order valence-corrected chi connectivity index (χ3v) is 4.85. The highest BCUT2D eigenvalue weighted by Crippen LogP contribution is 2.40. The predicted octanol–water partition coefficient (Wildman–Crippen LogP) is 1.53. The number of allylic oxidation sites excluding steroid dienone is 1. The van der Waals surface area contributed by atoms with Gasteiger partial charge in [-0.1, -0.05) is 6.07 Å². The monoisotopic (exact) mass is 376 g/mol. The van der Waals surface area contributed by atoms with Gasteiger partial charge in [0.25, 0.3) is 0 Å². The first-order valence-corrected chi connectivity index (χ1v) is 9.30. The average molecular weight is 376 g/mol. The molecule has 28 heavy (non-hydrogen) atoms. The van der Waals surface area contributed by atoms with Crippen LogP contribution in [0.4, 0.5) is 5.82 Å². The lowest BCUT2D eigenvalue weighted by Crippen LogP contribution is -2.54. The van der Waals surface area contributed by atoms with Crippen molar-refractivity contribution in [2.24, 2.45) is 10.1 Å². The van der Waals surface area contributed by atoms with E-state index in [1.54, 1.807) is 40.6 Å². The quantitative estimate of drug-likeness (QED) is 0.843. The normalized spacial score (nSPS) is 23.0. The zero-order valence-electron chi connectivity index (χ0n) is 15.4. The van der Waals surface area contributed by atoms with E-state index < -0.39 is 6.04 Å². The summed E-state index contributed by atoms with van der Waals surface area (Å²) in [6.07, 6.45) is 10.5. The highest BCUT2D eigenvalue weighted by molar-refractivity contribution is 6.05. The summed E-state index contributed by atoms with van der Waals surface area (Å²) in [4.78, 5) is 21.6. The number of nitrogens with zero attached hydrogens (tertiary/aromatic N) is 6. The summed E-state index contributed by atoms with van der Waals surface area (Å²) in [5.41, 5.74) is 2.05. The van der Waals surface area contributed by atoms with E-state index in [1.165, 1.54) is 0 Å². The number of pyridine rings is 1. The van der Waals surface area contributed by atoms with E-state index in [9.17, 15) is 4.79 Å². The number of aliphatic imine (C=N–C) groups is 1. The zero-order valence-corrected chi connectivity index (χ0v) is 15.4. The van der Waals surface area contributed by atoms with E-state index in [-0.39, 0.29) is 12.2 Å². The van der Waals surface area contributed by atoms with Crippen LogP contribution >= 0.6 is 0 Å². The Morgan fingerprint density at radius 3 is 3.00 bits per heavy atom. The van der Waals surface area contributed by atoms with Gasteiger partial charge < -0.3 is 5.32 Å². The van der Waals surface area contributed by atoms with Gasteiger partial charge in [-0.15, -0.1) is 0 Å². The Balaban J connectivity index is 1.40. The van der Waals surface area contributed by atoms with Crippen molar-refractivity contribution in [3.63, 3.8) is 0 Å². The van der Waals surface area contributed by atoms with Crippen LogP contribution in [0.2, 0.25) is 0 Å². The molecule has 2 N–H and O–H groups in total. The number of hydrazone groups is 1. The topological polar surface area (TPSA) is 99.8 Å². The first kappa shape index (κ1) is 16.8. The number of hydrogen-bond donors (Lipinski definition) is 2. The summed E-state index contributed by atoms with van der Waals surface area (Å²) in [5, 5.41) is 16.7. The molecule has 1 saturated carbocycles. The van der Waals surface area contributed by atoms with Gasteiger partial charge in [-0.3, -0.25) is 15.1 Å². The summed E-state index contributed by atoms with van der Waals surface area (Å²) in [6, 6.07) is 5.22. The lowest BCUT2D eigenvalue weighted by atomic mass is 10.2. The smallest absolute Gasteiger partial charge is 0.248 e. The standard InChI is InChI=1S/C19H20N8O/c1-12-3-6-16(21-10-12)27-17(9-14(25-27)13-4-5-13)24-18(28)15-11-22-26-8-2-7-20-19(26)23-15/h2-3,6-11,13,15,19,23H,4-5H2,1H3,(H,24,28). The molecule has 1 fully saturated rings. The minimum atomic E-state index is -0.594. The molecule has 2 aliphatic heterocycles. The lowest BCUT2D eigenvalue weighted by Gasteiger charge is -2.31. The Morgan fingerprint density at radius 1 is 1.32 bits per heavy atom. The van der Waals surface area contributed by atoms with Crippen molar-refractivity contribution in [2.75, 3.05) is 5.32 Å². The maximum Gasteiger partial charge on any atom is 0.248 e. The second-order valence-corrected chi connectivity index (χ2v) is 7.13. The molecular formula is C19H20N8O. The molecule has 1 amide bonds. The van der Waals surface area contributed by atoms with E-state index >= 15 is 0 Å². The SMILES string of the molecule is Cc1ccc(-n2nc(C3CC3)cc2NC(=O)C2C=NN3C=CC=NC3N2)nc1. The summed E-state index contributed by atoms with van der Waals surface area (Å²) in [6.45, 7) is 1.98. The van der Waals surface area contributed by atoms with Crippen molar-refractivity contribution in [3.05, 3.63) is 47.9 Å². The molecule has 4 heterocycles. The first-order chi connectivity index (χ1) is 13.7. The van der Waals surface area contributed by atoms with Crippen molar-refractivity contribution in [2.45, 2.75) is 38.0 Å². The molecule has 0 saturated heterocycles. The van der Waals surface area contributed by atoms with Gasteiger partial charge >= 0.3 is 0 Å². The first-order valence-electron chi connectivity index (χ1n) is 9.30. The van der Waals surface area contributed by atoms with Gasteiger partial charge in [0.05, 0.1) is 11.9 Å². The van der Waals surface area contributed by atoms with Gasteiger partial charge in [0, 0.05) is 30.6 Å². The second-order valence-electron chi connectivity index (χ2n) is 7.13. The number of hydrogen-bond acceptors (Lipinski definition) is 7. The summed E-state index contributed by atoms with van der Waals surface area (Å²) in [5.74, 6) is 1.52.